The minimum Gasteiger partial charge on any atom is -0.474 e. The molecule has 0 bridgehead atoms. The molecule has 0 spiro atoms. The Kier molecular flexibility index (Phi) is 14.2. The maximum Gasteiger partial charge on any atom is 0.416 e. The third-order valence-corrected chi connectivity index (χ3v) is 8.68. The molecule has 2 unspecified atom stereocenters. The molecule has 2 atom stereocenters. The van der Waals surface area contributed by atoms with Crippen LogP contribution in [0.3, 0.4) is 0 Å². The van der Waals surface area contributed by atoms with Gasteiger partial charge in [-0.3, -0.25) is 9.59 Å². The van der Waals surface area contributed by atoms with E-state index in [0.717, 1.165) is 57.1 Å². The van der Waals surface area contributed by atoms with Gasteiger partial charge >= 0.3 is 18.1 Å². The van der Waals surface area contributed by atoms with Crippen LogP contribution in [0, 0.1) is 5.92 Å². The SMILES string of the molecule is CCCCCCCCCCCCC(=O)Nc1ccc(C(NC(=O)C(=O)O)C(c2ccc(C(F)(F)F)cc2)C2CCCC2)cc1. The summed E-state index contributed by atoms with van der Waals surface area (Å²) in [5, 5.41) is 14.9. The molecule has 1 aliphatic carbocycles. The average molecular weight is 617 g/mol. The Morgan fingerprint density at radius 3 is 1.84 bits per heavy atom. The Balaban J connectivity index is 1.65. The van der Waals surface area contributed by atoms with Crippen LogP contribution in [-0.4, -0.2) is 22.9 Å². The third kappa shape index (κ3) is 11.3. The first-order chi connectivity index (χ1) is 21.1. The van der Waals surface area contributed by atoms with Gasteiger partial charge < -0.3 is 15.7 Å². The number of halogens is 3. The number of carboxylic acid groups (broad SMARTS) is 1. The highest BCUT2D eigenvalue weighted by atomic mass is 19.4. The van der Waals surface area contributed by atoms with E-state index < -0.39 is 35.6 Å². The number of hydrogen-bond acceptors (Lipinski definition) is 3. The van der Waals surface area contributed by atoms with Crippen molar-refractivity contribution in [2.45, 2.75) is 121 Å². The van der Waals surface area contributed by atoms with Crippen LogP contribution in [0.4, 0.5) is 18.9 Å². The van der Waals surface area contributed by atoms with Crippen LogP contribution < -0.4 is 10.6 Å². The van der Waals surface area contributed by atoms with Crippen LogP contribution in [-0.2, 0) is 20.6 Å². The Hall–Kier alpha value is -3.36. The number of rotatable bonds is 17. The Morgan fingerprint density at radius 2 is 1.32 bits per heavy atom. The highest BCUT2D eigenvalue weighted by Crippen LogP contribution is 2.45. The van der Waals surface area contributed by atoms with Gasteiger partial charge in [-0.25, -0.2) is 4.79 Å². The lowest BCUT2D eigenvalue weighted by Gasteiger charge is -2.33. The molecule has 0 heterocycles. The normalized spacial score (nSPS) is 15.1. The fourth-order valence-corrected chi connectivity index (χ4v) is 6.30. The largest absolute Gasteiger partial charge is 0.474 e. The number of carboxylic acids is 1. The number of amides is 2. The third-order valence-electron chi connectivity index (χ3n) is 8.68. The van der Waals surface area contributed by atoms with E-state index in [1.807, 2.05) is 0 Å². The predicted octanol–water partition coefficient (Wildman–Crippen LogP) is 9.17. The number of carbonyl (C=O) groups is 3. The molecule has 2 amide bonds. The van der Waals surface area contributed by atoms with Gasteiger partial charge in [0.25, 0.3) is 0 Å². The van der Waals surface area contributed by atoms with Gasteiger partial charge in [-0.05, 0) is 60.6 Å². The lowest BCUT2D eigenvalue weighted by Crippen LogP contribution is -2.38. The van der Waals surface area contributed by atoms with Crippen LogP contribution in [0.2, 0.25) is 0 Å². The Labute approximate surface area is 259 Å². The molecule has 1 saturated carbocycles. The van der Waals surface area contributed by atoms with Crippen molar-refractivity contribution in [1.29, 1.82) is 0 Å². The predicted molar refractivity (Wildman–Crippen MR) is 166 cm³/mol. The second-order valence-corrected chi connectivity index (χ2v) is 12.0. The van der Waals surface area contributed by atoms with Crippen molar-refractivity contribution < 1.29 is 32.7 Å². The maximum absolute atomic E-state index is 13.3. The standard InChI is InChI=1S/C35H47F3N2O4/c1-2-3-4-5-6-7-8-9-10-11-16-30(41)39-29-23-19-27(20-24-29)32(40-33(42)34(43)44)31(25-14-12-13-15-25)26-17-21-28(22-18-26)35(36,37)38/h17-25,31-32H,2-16H2,1H3,(H,39,41)(H,40,42)(H,43,44). The molecule has 0 saturated heterocycles. The average Bonchev–Trinajstić information content (AvgIpc) is 3.52. The molecular weight excluding hydrogens is 569 g/mol. The number of hydrogen-bond donors (Lipinski definition) is 3. The van der Waals surface area contributed by atoms with Crippen molar-refractivity contribution in [3.8, 4) is 0 Å². The minimum atomic E-state index is -4.48. The van der Waals surface area contributed by atoms with E-state index in [0.29, 0.717) is 23.2 Å². The number of nitrogens with one attached hydrogen (secondary N) is 2. The van der Waals surface area contributed by atoms with Gasteiger partial charge in [0.05, 0.1) is 11.6 Å². The molecule has 2 aromatic rings. The van der Waals surface area contributed by atoms with Gasteiger partial charge in [-0.15, -0.1) is 0 Å². The first kappa shape index (κ1) is 35.1. The lowest BCUT2D eigenvalue weighted by atomic mass is 9.76. The van der Waals surface area contributed by atoms with Gasteiger partial charge in [0, 0.05) is 18.0 Å². The summed E-state index contributed by atoms with van der Waals surface area (Å²) >= 11 is 0. The van der Waals surface area contributed by atoms with Crippen molar-refractivity contribution >= 4 is 23.5 Å². The number of anilines is 1. The maximum atomic E-state index is 13.3. The van der Waals surface area contributed by atoms with E-state index in [9.17, 15) is 32.7 Å². The van der Waals surface area contributed by atoms with E-state index >= 15 is 0 Å². The Bertz CT molecular complexity index is 1180. The molecule has 9 heteroatoms. The zero-order valence-corrected chi connectivity index (χ0v) is 25.8. The molecule has 1 fully saturated rings. The quantitative estimate of drug-likeness (QED) is 0.122. The molecule has 6 nitrogen and oxygen atoms in total. The van der Waals surface area contributed by atoms with E-state index in [1.54, 1.807) is 24.3 Å². The molecular formula is C35H47F3N2O4. The molecule has 1 aliphatic rings. The molecule has 0 radical (unpaired) electrons. The van der Waals surface area contributed by atoms with Crippen LogP contribution in [0.5, 0.6) is 0 Å². The molecule has 44 heavy (non-hydrogen) atoms. The minimum absolute atomic E-state index is 0.0475. The van der Waals surface area contributed by atoms with E-state index in [-0.39, 0.29) is 11.8 Å². The zero-order valence-electron chi connectivity index (χ0n) is 25.8. The van der Waals surface area contributed by atoms with Crippen LogP contribution >= 0.6 is 0 Å². The monoisotopic (exact) mass is 616 g/mol. The molecule has 0 aliphatic heterocycles. The van der Waals surface area contributed by atoms with Gasteiger partial charge in [0.15, 0.2) is 0 Å². The van der Waals surface area contributed by atoms with Crippen molar-refractivity contribution in [1.82, 2.24) is 5.32 Å². The summed E-state index contributed by atoms with van der Waals surface area (Å²) in [4.78, 5) is 36.4. The molecule has 3 rings (SSSR count). The van der Waals surface area contributed by atoms with Crippen molar-refractivity contribution in [3.05, 3.63) is 65.2 Å². The number of alkyl halides is 3. The number of aliphatic carboxylic acids is 1. The fraction of sp³-hybridized carbons (Fsp3) is 0.571. The number of unbranched alkanes of at least 4 members (excludes halogenated alkanes) is 9. The van der Waals surface area contributed by atoms with Crippen LogP contribution in [0.1, 0.15) is 132 Å². The van der Waals surface area contributed by atoms with E-state index in [1.165, 1.54) is 57.1 Å². The van der Waals surface area contributed by atoms with Crippen molar-refractivity contribution in [2.24, 2.45) is 5.92 Å². The van der Waals surface area contributed by atoms with Gasteiger partial charge in [-0.1, -0.05) is 102 Å². The number of carbonyl (C=O) groups excluding carboxylic acids is 2. The van der Waals surface area contributed by atoms with Gasteiger partial charge in [-0.2, -0.15) is 13.2 Å². The smallest absolute Gasteiger partial charge is 0.416 e. The highest BCUT2D eigenvalue weighted by Gasteiger charge is 2.37. The second kappa shape index (κ2) is 17.8. The van der Waals surface area contributed by atoms with Crippen molar-refractivity contribution in [3.63, 3.8) is 0 Å². The van der Waals surface area contributed by atoms with E-state index in [2.05, 4.69) is 17.6 Å². The van der Waals surface area contributed by atoms with Crippen molar-refractivity contribution in [2.75, 3.05) is 5.32 Å². The van der Waals surface area contributed by atoms with Gasteiger partial charge in [0.2, 0.25) is 5.91 Å². The Morgan fingerprint density at radius 1 is 0.795 bits per heavy atom. The van der Waals surface area contributed by atoms with Crippen LogP contribution in [0.15, 0.2) is 48.5 Å². The molecule has 0 aromatic heterocycles. The zero-order chi connectivity index (χ0) is 32.0. The van der Waals surface area contributed by atoms with Gasteiger partial charge in [0.1, 0.15) is 0 Å². The lowest BCUT2D eigenvalue weighted by molar-refractivity contribution is -0.150. The summed E-state index contributed by atoms with van der Waals surface area (Å²) in [5.41, 5.74) is 1.04. The molecule has 242 valence electrons. The number of benzene rings is 2. The summed E-state index contributed by atoms with van der Waals surface area (Å²) < 4.78 is 39.8. The first-order valence-electron chi connectivity index (χ1n) is 16.2. The fourth-order valence-electron chi connectivity index (χ4n) is 6.30. The highest BCUT2D eigenvalue weighted by molar-refractivity contribution is 6.31. The summed E-state index contributed by atoms with van der Waals surface area (Å²) in [6.07, 6.45) is 11.3. The topological polar surface area (TPSA) is 95.5 Å². The summed E-state index contributed by atoms with van der Waals surface area (Å²) in [6.45, 7) is 2.22. The second-order valence-electron chi connectivity index (χ2n) is 12.0. The summed E-state index contributed by atoms with van der Waals surface area (Å²) in [6, 6.07) is 11.0. The molecule has 2 aromatic carbocycles. The first-order valence-corrected chi connectivity index (χ1v) is 16.2. The summed E-state index contributed by atoms with van der Waals surface area (Å²) in [7, 11) is 0. The summed E-state index contributed by atoms with van der Waals surface area (Å²) in [5.74, 6) is -3.28. The van der Waals surface area contributed by atoms with Crippen LogP contribution in [0.25, 0.3) is 0 Å². The molecule has 3 N–H and O–H groups in total. The van der Waals surface area contributed by atoms with E-state index in [4.69, 9.17) is 0 Å².